The fourth-order valence-corrected chi connectivity index (χ4v) is 1.69. The second-order valence-corrected chi connectivity index (χ2v) is 4.66. The van der Waals surface area contributed by atoms with Crippen LogP contribution in [0.2, 0.25) is 0 Å². The van der Waals surface area contributed by atoms with Gasteiger partial charge in [0.2, 0.25) is 11.8 Å². The van der Waals surface area contributed by atoms with E-state index < -0.39 is 0 Å². The molecule has 1 N–H and O–H groups in total. The maximum atomic E-state index is 13.4. The number of aromatic nitrogens is 2. The minimum atomic E-state index is -0.351. The van der Waals surface area contributed by atoms with Crippen molar-refractivity contribution in [2.45, 2.75) is 19.9 Å². The molecule has 2 aromatic rings. The third-order valence-electron chi connectivity index (χ3n) is 2.34. The lowest BCUT2D eigenvalue weighted by Crippen LogP contribution is -2.13. The highest BCUT2D eigenvalue weighted by molar-refractivity contribution is 9.10. The second-order valence-electron chi connectivity index (χ2n) is 3.81. The average Bonchev–Trinajstić information content (AvgIpc) is 2.82. The summed E-state index contributed by atoms with van der Waals surface area (Å²) in [4.78, 5) is 0. The van der Waals surface area contributed by atoms with E-state index in [1.807, 2.05) is 0 Å². The highest BCUT2D eigenvalue weighted by Crippen LogP contribution is 2.23. The maximum Gasteiger partial charge on any atom is 0.247 e. The van der Waals surface area contributed by atoms with Crippen molar-refractivity contribution in [1.29, 1.82) is 0 Å². The molecule has 2 rings (SSSR count). The molecule has 0 spiro atoms. The Balaban J connectivity index is 2.11. The summed E-state index contributed by atoms with van der Waals surface area (Å²) in [5, 5.41) is 11.0. The van der Waals surface area contributed by atoms with E-state index >= 15 is 0 Å². The van der Waals surface area contributed by atoms with Crippen molar-refractivity contribution < 1.29 is 8.81 Å². The Morgan fingerprint density at radius 3 is 2.94 bits per heavy atom. The summed E-state index contributed by atoms with van der Waals surface area (Å²) in [6, 6.07) is 4.70. The highest BCUT2D eigenvalue weighted by atomic mass is 79.9. The van der Waals surface area contributed by atoms with Gasteiger partial charge in [0.1, 0.15) is 5.82 Å². The molecule has 0 fully saturated rings. The molecule has 0 amide bonds. The molecule has 0 unspecified atom stereocenters. The summed E-state index contributed by atoms with van der Waals surface area (Å²) in [6.45, 7) is 3.50. The Kier molecular flexibility index (Phi) is 4.43. The quantitative estimate of drug-likeness (QED) is 0.862. The summed E-state index contributed by atoms with van der Waals surface area (Å²) in [5.41, 5.74) is 0.574. The minimum absolute atomic E-state index is 0.328. The van der Waals surface area contributed by atoms with Gasteiger partial charge in [-0.3, -0.25) is 0 Å². The zero-order valence-electron chi connectivity index (χ0n) is 9.91. The number of benzene rings is 1. The van der Waals surface area contributed by atoms with Crippen LogP contribution in [0.4, 0.5) is 4.39 Å². The van der Waals surface area contributed by atoms with Gasteiger partial charge in [-0.2, -0.15) is 0 Å². The largest absolute Gasteiger partial charge is 0.419 e. The van der Waals surface area contributed by atoms with Crippen molar-refractivity contribution in [1.82, 2.24) is 15.5 Å². The molecule has 6 heteroatoms. The number of hydrogen-bond donors (Lipinski definition) is 1. The predicted octanol–water partition coefficient (Wildman–Crippen LogP) is 3.14. The van der Waals surface area contributed by atoms with E-state index in [1.165, 1.54) is 6.07 Å². The fraction of sp³-hybridized carbons (Fsp3) is 0.333. The standard InChI is InChI=1S/C12H13BrFN3O/c1-2-5-15-7-11-16-17-12(18-11)8-3-4-9(13)10(14)6-8/h3-4,6,15H,2,5,7H2,1H3. The van der Waals surface area contributed by atoms with E-state index in [-0.39, 0.29) is 5.82 Å². The van der Waals surface area contributed by atoms with E-state index in [4.69, 9.17) is 4.42 Å². The van der Waals surface area contributed by atoms with Crippen LogP contribution in [-0.4, -0.2) is 16.7 Å². The molecule has 0 atom stereocenters. The second kappa shape index (κ2) is 6.06. The zero-order chi connectivity index (χ0) is 13.0. The Hall–Kier alpha value is -1.27. The van der Waals surface area contributed by atoms with Crippen LogP contribution in [0.25, 0.3) is 11.5 Å². The van der Waals surface area contributed by atoms with Crippen molar-refractivity contribution in [3.05, 3.63) is 34.4 Å². The van der Waals surface area contributed by atoms with E-state index in [9.17, 15) is 4.39 Å². The predicted molar refractivity (Wildman–Crippen MR) is 69.4 cm³/mol. The van der Waals surface area contributed by atoms with Crippen molar-refractivity contribution in [3.8, 4) is 11.5 Å². The van der Waals surface area contributed by atoms with Crippen LogP contribution in [-0.2, 0) is 6.54 Å². The average molecular weight is 314 g/mol. The van der Waals surface area contributed by atoms with Crippen LogP contribution < -0.4 is 5.32 Å². The first-order chi connectivity index (χ1) is 8.70. The zero-order valence-corrected chi connectivity index (χ0v) is 11.5. The smallest absolute Gasteiger partial charge is 0.247 e. The molecule has 0 aliphatic heterocycles. The summed E-state index contributed by atoms with van der Waals surface area (Å²) < 4.78 is 19.2. The lowest BCUT2D eigenvalue weighted by molar-refractivity contribution is 0.477. The monoisotopic (exact) mass is 313 g/mol. The highest BCUT2D eigenvalue weighted by Gasteiger charge is 2.10. The first kappa shape index (κ1) is 13.2. The number of halogens is 2. The summed E-state index contributed by atoms with van der Waals surface area (Å²) in [7, 11) is 0. The third kappa shape index (κ3) is 3.14. The Morgan fingerprint density at radius 2 is 2.22 bits per heavy atom. The summed E-state index contributed by atoms with van der Waals surface area (Å²) in [5.74, 6) is 0.479. The van der Waals surface area contributed by atoms with E-state index in [0.717, 1.165) is 13.0 Å². The molecule has 0 radical (unpaired) electrons. The molecule has 0 saturated heterocycles. The Bertz CT molecular complexity index is 530. The molecule has 1 heterocycles. The molecule has 0 saturated carbocycles. The molecular formula is C12H13BrFN3O. The first-order valence-corrected chi connectivity index (χ1v) is 6.48. The van der Waals surface area contributed by atoms with Gasteiger partial charge in [-0.15, -0.1) is 10.2 Å². The summed E-state index contributed by atoms with van der Waals surface area (Å²) in [6.07, 6.45) is 1.04. The number of nitrogens with one attached hydrogen (secondary N) is 1. The topological polar surface area (TPSA) is 51.0 Å². The Morgan fingerprint density at radius 1 is 1.39 bits per heavy atom. The van der Waals surface area contributed by atoms with E-state index in [0.29, 0.717) is 28.4 Å². The van der Waals surface area contributed by atoms with Gasteiger partial charge in [0.05, 0.1) is 11.0 Å². The normalized spacial score (nSPS) is 10.8. The molecule has 0 bridgehead atoms. The molecule has 4 nitrogen and oxygen atoms in total. The molecule has 1 aromatic heterocycles. The lowest BCUT2D eigenvalue weighted by atomic mass is 10.2. The maximum absolute atomic E-state index is 13.4. The van der Waals surface area contributed by atoms with Gasteiger partial charge in [0.25, 0.3) is 0 Å². The van der Waals surface area contributed by atoms with Crippen molar-refractivity contribution in [2.24, 2.45) is 0 Å². The van der Waals surface area contributed by atoms with Gasteiger partial charge >= 0.3 is 0 Å². The van der Waals surface area contributed by atoms with Gasteiger partial charge in [-0.25, -0.2) is 4.39 Å². The van der Waals surface area contributed by atoms with Crippen LogP contribution in [0.15, 0.2) is 27.1 Å². The molecule has 18 heavy (non-hydrogen) atoms. The molecule has 96 valence electrons. The molecule has 0 aliphatic rings. The van der Waals surface area contributed by atoms with Gasteiger partial charge in [0, 0.05) is 5.56 Å². The van der Waals surface area contributed by atoms with Crippen LogP contribution in [0.5, 0.6) is 0 Å². The van der Waals surface area contributed by atoms with Crippen molar-refractivity contribution in [2.75, 3.05) is 6.54 Å². The molecule has 1 aromatic carbocycles. The first-order valence-electron chi connectivity index (χ1n) is 5.69. The summed E-state index contributed by atoms with van der Waals surface area (Å²) >= 11 is 3.10. The fourth-order valence-electron chi connectivity index (χ4n) is 1.44. The van der Waals surface area contributed by atoms with Crippen molar-refractivity contribution >= 4 is 15.9 Å². The number of nitrogens with zero attached hydrogens (tertiary/aromatic N) is 2. The minimum Gasteiger partial charge on any atom is -0.419 e. The van der Waals surface area contributed by atoms with Crippen LogP contribution in [0.3, 0.4) is 0 Å². The number of rotatable bonds is 5. The van der Waals surface area contributed by atoms with Crippen LogP contribution in [0, 0.1) is 5.82 Å². The van der Waals surface area contributed by atoms with Gasteiger partial charge in [-0.05, 0) is 47.1 Å². The third-order valence-corrected chi connectivity index (χ3v) is 2.98. The Labute approximate surface area is 113 Å². The van der Waals surface area contributed by atoms with Gasteiger partial charge in [-0.1, -0.05) is 6.92 Å². The van der Waals surface area contributed by atoms with Crippen LogP contribution in [0.1, 0.15) is 19.2 Å². The molecular weight excluding hydrogens is 301 g/mol. The van der Waals surface area contributed by atoms with E-state index in [2.05, 4.69) is 38.4 Å². The van der Waals surface area contributed by atoms with Crippen LogP contribution >= 0.6 is 15.9 Å². The number of hydrogen-bond acceptors (Lipinski definition) is 4. The lowest BCUT2D eigenvalue weighted by Gasteiger charge is -1.98. The SMILES string of the molecule is CCCNCc1nnc(-c2ccc(Br)c(F)c2)o1. The molecule has 0 aliphatic carbocycles. The van der Waals surface area contributed by atoms with Gasteiger partial charge < -0.3 is 9.73 Å². The van der Waals surface area contributed by atoms with Gasteiger partial charge in [0.15, 0.2) is 0 Å². The van der Waals surface area contributed by atoms with Crippen molar-refractivity contribution in [3.63, 3.8) is 0 Å². The van der Waals surface area contributed by atoms with E-state index in [1.54, 1.807) is 12.1 Å².